The van der Waals surface area contributed by atoms with Gasteiger partial charge in [0.15, 0.2) is 6.10 Å². The van der Waals surface area contributed by atoms with E-state index in [1.807, 2.05) is 11.0 Å². The van der Waals surface area contributed by atoms with E-state index in [-0.39, 0.29) is 17.2 Å². The third-order valence-electron chi connectivity index (χ3n) is 5.18. The largest absolute Gasteiger partial charge is 0.449 e. The molecular formula is C20H26N4O6. The molecule has 2 atom stereocenters. The van der Waals surface area contributed by atoms with Crippen molar-refractivity contribution in [1.82, 2.24) is 5.32 Å². The minimum atomic E-state index is -1.18. The number of esters is 1. The van der Waals surface area contributed by atoms with Crippen molar-refractivity contribution in [1.29, 1.82) is 5.26 Å². The molecule has 0 aromatic heterocycles. The summed E-state index contributed by atoms with van der Waals surface area (Å²) in [4.78, 5) is 37.6. The van der Waals surface area contributed by atoms with Gasteiger partial charge in [0.05, 0.1) is 29.8 Å². The highest BCUT2D eigenvalue weighted by molar-refractivity contribution is 5.94. The summed E-state index contributed by atoms with van der Waals surface area (Å²) in [5.41, 5.74) is -0.978. The lowest BCUT2D eigenvalue weighted by atomic mass is 9.90. The Balaban J connectivity index is 2.14. The molecule has 1 aromatic carbocycles. The van der Waals surface area contributed by atoms with Crippen LogP contribution >= 0.6 is 0 Å². The summed E-state index contributed by atoms with van der Waals surface area (Å²) in [6, 6.07) is 6.11. The molecule has 1 heterocycles. The number of hydrogen-bond acceptors (Lipinski definition) is 8. The fourth-order valence-corrected chi connectivity index (χ4v) is 2.81. The number of ether oxygens (including phenoxy) is 2. The number of rotatable bonds is 7. The predicted molar refractivity (Wildman–Crippen MR) is 108 cm³/mol. The number of amides is 1. The summed E-state index contributed by atoms with van der Waals surface area (Å²) in [5, 5.41) is 23.4. The van der Waals surface area contributed by atoms with Crippen molar-refractivity contribution < 1.29 is 24.0 Å². The Morgan fingerprint density at radius 3 is 2.50 bits per heavy atom. The molecule has 0 spiro atoms. The van der Waals surface area contributed by atoms with Gasteiger partial charge in [-0.15, -0.1) is 0 Å². The molecule has 1 aliphatic heterocycles. The van der Waals surface area contributed by atoms with Gasteiger partial charge in [0.2, 0.25) is 0 Å². The maximum Gasteiger partial charge on any atom is 0.339 e. The van der Waals surface area contributed by atoms with Crippen LogP contribution in [-0.4, -0.2) is 54.7 Å². The van der Waals surface area contributed by atoms with E-state index >= 15 is 0 Å². The van der Waals surface area contributed by atoms with E-state index in [0.717, 1.165) is 6.07 Å². The van der Waals surface area contributed by atoms with Crippen molar-refractivity contribution in [3.63, 3.8) is 0 Å². The Hall–Kier alpha value is -3.19. The van der Waals surface area contributed by atoms with Crippen LogP contribution in [0.15, 0.2) is 18.2 Å². The Kier molecular flexibility index (Phi) is 7.34. The van der Waals surface area contributed by atoms with E-state index < -0.39 is 28.4 Å². The third kappa shape index (κ3) is 5.24. The molecule has 10 heteroatoms. The topological polar surface area (TPSA) is 135 Å². The molecule has 1 amide bonds. The van der Waals surface area contributed by atoms with Gasteiger partial charge in [-0.05, 0) is 31.9 Å². The number of nitrogens with zero attached hydrogens (tertiary/aromatic N) is 3. The number of hydrogen-bond donors (Lipinski definition) is 1. The molecule has 1 aromatic rings. The first-order valence-corrected chi connectivity index (χ1v) is 9.64. The SMILES string of the molecule is CC(C)[C@](C)(C#N)NC(=O)[C@H](C)OC(=O)c1ccc(N2CCOCC2)c([N+](=O)[O-])c1. The highest BCUT2D eigenvalue weighted by atomic mass is 16.6. The number of nitro groups is 1. The van der Waals surface area contributed by atoms with Gasteiger partial charge in [0.1, 0.15) is 11.2 Å². The molecular weight excluding hydrogens is 392 g/mol. The standard InChI is InChI=1S/C20H26N4O6/c1-13(2)20(4,12-21)22-18(25)14(3)30-19(26)15-5-6-16(17(11-15)24(27)28)23-7-9-29-10-8-23/h5-6,11,13-14H,7-10H2,1-4H3,(H,22,25)/t14-,20-/m0/s1. The number of carbonyl (C=O) groups excluding carboxylic acids is 2. The van der Waals surface area contributed by atoms with Crippen LogP contribution in [0.5, 0.6) is 0 Å². The molecule has 1 fully saturated rings. The van der Waals surface area contributed by atoms with Crippen molar-refractivity contribution in [2.45, 2.75) is 39.3 Å². The summed E-state index contributed by atoms with van der Waals surface area (Å²) in [7, 11) is 0. The molecule has 1 aliphatic rings. The van der Waals surface area contributed by atoms with Crippen LogP contribution in [0.1, 0.15) is 38.1 Å². The molecule has 0 unspecified atom stereocenters. The Morgan fingerprint density at radius 2 is 1.97 bits per heavy atom. The summed E-state index contributed by atoms with van der Waals surface area (Å²) in [6.45, 7) is 8.48. The summed E-state index contributed by atoms with van der Waals surface area (Å²) >= 11 is 0. The maximum atomic E-state index is 12.5. The number of morpholine rings is 1. The fourth-order valence-electron chi connectivity index (χ4n) is 2.81. The second-order valence-electron chi connectivity index (χ2n) is 7.57. The lowest BCUT2D eigenvalue weighted by Crippen LogP contribution is -2.52. The van der Waals surface area contributed by atoms with Crippen LogP contribution in [-0.2, 0) is 14.3 Å². The minimum absolute atomic E-state index is 0.0368. The monoisotopic (exact) mass is 418 g/mol. The summed E-state index contributed by atoms with van der Waals surface area (Å²) < 4.78 is 10.4. The van der Waals surface area contributed by atoms with E-state index in [2.05, 4.69) is 5.32 Å². The van der Waals surface area contributed by atoms with Crippen LogP contribution in [0.25, 0.3) is 0 Å². The zero-order chi connectivity index (χ0) is 22.5. The molecule has 0 bridgehead atoms. The first-order valence-electron chi connectivity index (χ1n) is 9.64. The summed E-state index contributed by atoms with van der Waals surface area (Å²) in [6.07, 6.45) is -1.18. The highest BCUT2D eigenvalue weighted by Gasteiger charge is 2.33. The van der Waals surface area contributed by atoms with Crippen LogP contribution in [0.2, 0.25) is 0 Å². The van der Waals surface area contributed by atoms with E-state index in [0.29, 0.717) is 32.0 Å². The number of benzene rings is 1. The third-order valence-corrected chi connectivity index (χ3v) is 5.18. The smallest absolute Gasteiger partial charge is 0.339 e. The average Bonchev–Trinajstić information content (AvgIpc) is 2.73. The second kappa shape index (κ2) is 9.54. The van der Waals surface area contributed by atoms with Gasteiger partial charge in [-0.1, -0.05) is 13.8 Å². The van der Waals surface area contributed by atoms with Crippen LogP contribution < -0.4 is 10.2 Å². The van der Waals surface area contributed by atoms with Gasteiger partial charge in [-0.3, -0.25) is 14.9 Å². The van der Waals surface area contributed by atoms with Gasteiger partial charge >= 0.3 is 5.97 Å². The number of carbonyl (C=O) groups is 2. The fraction of sp³-hybridized carbons (Fsp3) is 0.550. The molecule has 1 N–H and O–H groups in total. The molecule has 0 aliphatic carbocycles. The first kappa shape index (κ1) is 23.1. The second-order valence-corrected chi connectivity index (χ2v) is 7.57. The predicted octanol–water partition coefficient (Wildman–Crippen LogP) is 2.03. The first-order chi connectivity index (χ1) is 14.1. The molecule has 162 valence electrons. The number of nitriles is 1. The summed E-state index contributed by atoms with van der Waals surface area (Å²) in [5.74, 6) is -1.65. The molecule has 0 saturated carbocycles. The van der Waals surface area contributed by atoms with Crippen molar-refractivity contribution in [2.24, 2.45) is 5.92 Å². The molecule has 2 rings (SSSR count). The van der Waals surface area contributed by atoms with Crippen molar-refractivity contribution >= 4 is 23.3 Å². The maximum absolute atomic E-state index is 12.5. The Bertz CT molecular complexity index is 859. The van der Waals surface area contributed by atoms with Crippen LogP contribution in [0.4, 0.5) is 11.4 Å². The molecule has 1 saturated heterocycles. The highest BCUT2D eigenvalue weighted by Crippen LogP contribution is 2.30. The van der Waals surface area contributed by atoms with Gasteiger partial charge in [-0.2, -0.15) is 5.26 Å². The lowest BCUT2D eigenvalue weighted by molar-refractivity contribution is -0.384. The molecule has 30 heavy (non-hydrogen) atoms. The normalized spacial score (nSPS) is 16.9. The van der Waals surface area contributed by atoms with E-state index in [1.54, 1.807) is 20.8 Å². The van der Waals surface area contributed by atoms with Crippen LogP contribution in [0.3, 0.4) is 0 Å². The van der Waals surface area contributed by atoms with Gasteiger partial charge in [0.25, 0.3) is 11.6 Å². The molecule has 10 nitrogen and oxygen atoms in total. The van der Waals surface area contributed by atoms with Crippen molar-refractivity contribution in [3.8, 4) is 6.07 Å². The van der Waals surface area contributed by atoms with Gasteiger partial charge < -0.3 is 19.7 Å². The Labute approximate surface area is 174 Å². The van der Waals surface area contributed by atoms with Crippen LogP contribution in [0, 0.1) is 27.4 Å². The van der Waals surface area contributed by atoms with E-state index in [4.69, 9.17) is 9.47 Å². The zero-order valence-corrected chi connectivity index (χ0v) is 17.5. The van der Waals surface area contributed by atoms with Gasteiger partial charge in [0, 0.05) is 19.2 Å². The van der Waals surface area contributed by atoms with E-state index in [9.17, 15) is 25.0 Å². The van der Waals surface area contributed by atoms with Crippen molar-refractivity contribution in [3.05, 3.63) is 33.9 Å². The Morgan fingerprint density at radius 1 is 1.33 bits per heavy atom. The van der Waals surface area contributed by atoms with E-state index in [1.165, 1.54) is 19.1 Å². The zero-order valence-electron chi connectivity index (χ0n) is 17.5. The number of anilines is 1. The number of nitro benzene ring substituents is 1. The lowest BCUT2D eigenvalue weighted by Gasteiger charge is -2.29. The quantitative estimate of drug-likeness (QED) is 0.404. The minimum Gasteiger partial charge on any atom is -0.449 e. The average molecular weight is 418 g/mol. The van der Waals surface area contributed by atoms with Crippen molar-refractivity contribution in [2.75, 3.05) is 31.2 Å². The number of nitrogens with one attached hydrogen (secondary N) is 1. The van der Waals surface area contributed by atoms with Gasteiger partial charge in [-0.25, -0.2) is 4.79 Å². The molecule has 0 radical (unpaired) electrons.